The van der Waals surface area contributed by atoms with E-state index < -0.39 is 17.9 Å². The first kappa shape index (κ1) is 24.5. The van der Waals surface area contributed by atoms with Gasteiger partial charge in [0.15, 0.2) is 10.6 Å². The normalized spacial score (nSPS) is 14.6. The standard InChI is InChI=1S/C28H24N2O6S/c1-4-13-34-18-10-8-9-17(15-18)22-21-23(31)19-11-6-7-12-20(19)36-24(21)26(32)30(22)28-29-16(3)25(37-28)27(33)35-14-5-2/h5-12,15,22H,2,4,13-14H2,1,3H3. The smallest absolute Gasteiger partial charge is 0.350 e. The lowest BCUT2D eigenvalue weighted by Gasteiger charge is -2.23. The molecule has 188 valence electrons. The molecule has 8 nitrogen and oxygen atoms in total. The van der Waals surface area contributed by atoms with Crippen LogP contribution in [0.15, 0.2) is 70.4 Å². The first-order valence-corrected chi connectivity index (χ1v) is 12.6. The van der Waals surface area contributed by atoms with E-state index in [1.165, 1.54) is 11.0 Å². The van der Waals surface area contributed by atoms with Crippen molar-refractivity contribution in [3.05, 3.63) is 98.9 Å². The average molecular weight is 517 g/mol. The zero-order valence-corrected chi connectivity index (χ0v) is 21.2. The Bertz CT molecular complexity index is 1590. The van der Waals surface area contributed by atoms with Crippen molar-refractivity contribution in [3.8, 4) is 5.75 Å². The number of anilines is 1. The van der Waals surface area contributed by atoms with E-state index in [2.05, 4.69) is 11.6 Å². The predicted molar refractivity (Wildman–Crippen MR) is 141 cm³/mol. The summed E-state index contributed by atoms with van der Waals surface area (Å²) in [7, 11) is 0. The number of thiazole rings is 1. The third-order valence-corrected chi connectivity index (χ3v) is 7.07. The van der Waals surface area contributed by atoms with E-state index in [1.54, 1.807) is 31.2 Å². The van der Waals surface area contributed by atoms with Gasteiger partial charge in [-0.2, -0.15) is 0 Å². The van der Waals surface area contributed by atoms with Crippen molar-refractivity contribution in [3.63, 3.8) is 0 Å². The van der Waals surface area contributed by atoms with Crippen molar-refractivity contribution in [2.24, 2.45) is 0 Å². The van der Waals surface area contributed by atoms with E-state index >= 15 is 0 Å². The number of amides is 1. The van der Waals surface area contributed by atoms with Gasteiger partial charge in [0.1, 0.15) is 22.8 Å². The first-order chi connectivity index (χ1) is 17.9. The van der Waals surface area contributed by atoms with Gasteiger partial charge < -0.3 is 13.9 Å². The average Bonchev–Trinajstić information content (AvgIpc) is 3.43. The molecular formula is C28H24N2O6S. The van der Waals surface area contributed by atoms with Crippen LogP contribution >= 0.6 is 11.3 Å². The highest BCUT2D eigenvalue weighted by atomic mass is 32.1. The summed E-state index contributed by atoms with van der Waals surface area (Å²) < 4.78 is 17.0. The van der Waals surface area contributed by atoms with Crippen LogP contribution in [0.3, 0.4) is 0 Å². The molecule has 0 bridgehead atoms. The summed E-state index contributed by atoms with van der Waals surface area (Å²) in [5.41, 5.74) is 1.33. The number of ether oxygens (including phenoxy) is 2. The molecule has 2 aromatic heterocycles. The summed E-state index contributed by atoms with van der Waals surface area (Å²) >= 11 is 1.03. The molecule has 0 aliphatic carbocycles. The van der Waals surface area contributed by atoms with Gasteiger partial charge in [-0.15, -0.1) is 0 Å². The van der Waals surface area contributed by atoms with Crippen molar-refractivity contribution in [2.45, 2.75) is 26.3 Å². The SMILES string of the molecule is C=CCOC(=O)c1sc(N2C(=O)c3oc4ccccc4c(=O)c3C2c2cccc(OCCC)c2)nc1C. The number of hydrogen-bond donors (Lipinski definition) is 0. The van der Waals surface area contributed by atoms with Gasteiger partial charge in [0, 0.05) is 0 Å². The van der Waals surface area contributed by atoms with Crippen molar-refractivity contribution < 1.29 is 23.5 Å². The molecule has 0 spiro atoms. The Hall–Kier alpha value is -4.24. The first-order valence-electron chi connectivity index (χ1n) is 11.8. The topological polar surface area (TPSA) is 98.9 Å². The maximum absolute atomic E-state index is 13.8. The van der Waals surface area contributed by atoms with Gasteiger partial charge in [0.05, 0.1) is 29.3 Å². The molecule has 0 fully saturated rings. The molecule has 9 heteroatoms. The molecule has 2 aromatic carbocycles. The van der Waals surface area contributed by atoms with Crippen LogP contribution in [0.25, 0.3) is 11.0 Å². The molecule has 0 saturated heterocycles. The lowest BCUT2D eigenvalue weighted by Crippen LogP contribution is -2.29. The van der Waals surface area contributed by atoms with E-state index in [9.17, 15) is 14.4 Å². The highest BCUT2D eigenvalue weighted by molar-refractivity contribution is 7.17. The van der Waals surface area contributed by atoms with Crippen LogP contribution in [-0.2, 0) is 4.74 Å². The van der Waals surface area contributed by atoms with Crippen molar-refractivity contribution in [1.82, 2.24) is 4.98 Å². The number of fused-ring (bicyclic) bond motifs is 2. The van der Waals surface area contributed by atoms with Crippen LogP contribution in [0.1, 0.15) is 56.4 Å². The Morgan fingerprint density at radius 3 is 2.81 bits per heavy atom. The molecule has 0 radical (unpaired) electrons. The molecular weight excluding hydrogens is 492 g/mol. The van der Waals surface area contributed by atoms with E-state index in [0.717, 1.165) is 17.8 Å². The molecule has 0 saturated carbocycles. The Balaban J connectivity index is 1.69. The molecule has 3 heterocycles. The van der Waals surface area contributed by atoms with E-state index in [1.807, 2.05) is 31.2 Å². The second-order valence-electron chi connectivity index (χ2n) is 8.47. The minimum Gasteiger partial charge on any atom is -0.494 e. The molecule has 4 aromatic rings. The fourth-order valence-corrected chi connectivity index (χ4v) is 5.29. The Morgan fingerprint density at radius 1 is 1.22 bits per heavy atom. The van der Waals surface area contributed by atoms with E-state index in [4.69, 9.17) is 13.9 Å². The van der Waals surface area contributed by atoms with E-state index in [0.29, 0.717) is 34.6 Å². The van der Waals surface area contributed by atoms with Crippen LogP contribution in [0.2, 0.25) is 0 Å². The molecule has 1 aliphatic rings. The van der Waals surface area contributed by atoms with Crippen molar-refractivity contribution in [2.75, 3.05) is 18.1 Å². The minimum absolute atomic E-state index is 0.0442. The molecule has 5 rings (SSSR count). The van der Waals surface area contributed by atoms with Gasteiger partial charge >= 0.3 is 5.97 Å². The fraction of sp³-hybridized carbons (Fsp3) is 0.214. The fourth-order valence-electron chi connectivity index (χ4n) is 4.30. The van der Waals surface area contributed by atoms with Crippen LogP contribution < -0.4 is 15.1 Å². The van der Waals surface area contributed by atoms with E-state index in [-0.39, 0.29) is 33.4 Å². The Morgan fingerprint density at radius 2 is 2.03 bits per heavy atom. The molecule has 1 unspecified atom stereocenters. The summed E-state index contributed by atoms with van der Waals surface area (Å²) in [6, 6.07) is 13.3. The molecule has 0 N–H and O–H groups in total. The number of para-hydroxylation sites is 1. The maximum Gasteiger partial charge on any atom is 0.350 e. The second kappa shape index (κ2) is 10.0. The van der Waals surface area contributed by atoms with Crippen molar-refractivity contribution in [1.29, 1.82) is 0 Å². The predicted octanol–water partition coefficient (Wildman–Crippen LogP) is 5.44. The molecule has 1 aliphatic heterocycles. The summed E-state index contributed by atoms with van der Waals surface area (Å²) in [4.78, 5) is 46.3. The number of esters is 1. The third-order valence-electron chi connectivity index (χ3n) is 5.93. The largest absolute Gasteiger partial charge is 0.494 e. The highest BCUT2D eigenvalue weighted by Gasteiger charge is 2.45. The molecule has 1 atom stereocenters. The van der Waals surface area contributed by atoms with Gasteiger partial charge in [-0.3, -0.25) is 14.5 Å². The Labute approximate surface area is 216 Å². The minimum atomic E-state index is -0.823. The molecule has 1 amide bonds. The van der Waals surface area contributed by atoms with Gasteiger partial charge in [0.25, 0.3) is 5.91 Å². The van der Waals surface area contributed by atoms with Gasteiger partial charge in [-0.25, -0.2) is 9.78 Å². The number of nitrogens with zero attached hydrogens (tertiary/aromatic N) is 2. The van der Waals surface area contributed by atoms with Crippen LogP contribution in [0.5, 0.6) is 5.75 Å². The number of aromatic nitrogens is 1. The quantitative estimate of drug-likeness (QED) is 0.227. The van der Waals surface area contributed by atoms with Gasteiger partial charge in [-0.05, 0) is 43.2 Å². The summed E-state index contributed by atoms with van der Waals surface area (Å²) in [6.07, 6.45) is 2.31. The number of carbonyl (C=O) groups excluding carboxylic acids is 2. The maximum atomic E-state index is 13.8. The van der Waals surface area contributed by atoms with Crippen LogP contribution in [-0.4, -0.2) is 30.1 Å². The summed E-state index contributed by atoms with van der Waals surface area (Å²) in [5, 5.41) is 0.635. The van der Waals surface area contributed by atoms with Gasteiger partial charge in [-0.1, -0.05) is 55.2 Å². The van der Waals surface area contributed by atoms with Crippen LogP contribution in [0.4, 0.5) is 5.13 Å². The number of aryl methyl sites for hydroxylation is 1. The number of hydrogen-bond acceptors (Lipinski definition) is 8. The summed E-state index contributed by atoms with van der Waals surface area (Å²) in [6.45, 7) is 7.82. The zero-order chi connectivity index (χ0) is 26.1. The second-order valence-corrected chi connectivity index (χ2v) is 9.44. The van der Waals surface area contributed by atoms with Gasteiger partial charge in [0.2, 0.25) is 5.76 Å². The zero-order valence-electron chi connectivity index (χ0n) is 20.4. The number of rotatable bonds is 8. The Kier molecular flexibility index (Phi) is 6.62. The number of benzene rings is 2. The summed E-state index contributed by atoms with van der Waals surface area (Å²) in [5.74, 6) is -0.495. The lowest BCUT2D eigenvalue weighted by atomic mass is 9.98. The van der Waals surface area contributed by atoms with Crippen molar-refractivity contribution >= 4 is 39.3 Å². The number of carbonyl (C=O) groups is 2. The molecule has 37 heavy (non-hydrogen) atoms. The van der Waals surface area contributed by atoms with Crippen LogP contribution in [0, 0.1) is 6.92 Å². The highest BCUT2D eigenvalue weighted by Crippen LogP contribution is 2.43. The lowest BCUT2D eigenvalue weighted by molar-refractivity contribution is 0.0554. The monoisotopic (exact) mass is 516 g/mol. The third kappa shape index (κ3) is 4.31.